The van der Waals surface area contributed by atoms with Gasteiger partial charge in [0, 0.05) is 35.7 Å². The van der Waals surface area contributed by atoms with Gasteiger partial charge in [0.05, 0.1) is 22.1 Å². The van der Waals surface area contributed by atoms with Crippen molar-refractivity contribution in [1.82, 2.24) is 15.0 Å². The summed E-state index contributed by atoms with van der Waals surface area (Å²) in [5.41, 5.74) is 9.66. The average molecular weight is 473 g/mol. The second-order valence-corrected chi connectivity index (χ2v) is 11.1. The number of hydrogen-bond donors (Lipinski definition) is 1. The number of carbonyl (C=O) groups excluding carboxylic acids is 1. The summed E-state index contributed by atoms with van der Waals surface area (Å²) in [5, 5.41) is 1.91. The summed E-state index contributed by atoms with van der Waals surface area (Å²) < 4.78 is 11.8. The lowest BCUT2D eigenvalue weighted by molar-refractivity contribution is -0.0285. The second kappa shape index (κ2) is 7.47. The van der Waals surface area contributed by atoms with E-state index in [2.05, 4.69) is 18.0 Å². The molecular weight excluding hydrogens is 440 g/mol. The van der Waals surface area contributed by atoms with Crippen LogP contribution in [0.4, 0.5) is 0 Å². The maximum Gasteiger partial charge on any atom is 0.340 e. The van der Waals surface area contributed by atoms with E-state index in [9.17, 15) is 4.79 Å². The molecular formula is C28H32N4O3. The highest BCUT2D eigenvalue weighted by molar-refractivity contribution is 5.93. The predicted molar refractivity (Wildman–Crippen MR) is 132 cm³/mol. The first-order chi connectivity index (χ1) is 16.6. The maximum atomic E-state index is 12.6. The number of pyridine rings is 3. The quantitative estimate of drug-likeness (QED) is 0.518. The normalized spacial score (nSPS) is 21.3. The molecule has 3 aromatic heterocycles. The Morgan fingerprint density at radius 3 is 2.60 bits per heavy atom. The molecule has 1 atom stereocenters. The van der Waals surface area contributed by atoms with E-state index in [0.717, 1.165) is 65.5 Å². The highest BCUT2D eigenvalue weighted by atomic mass is 16.6. The molecule has 2 aliphatic carbocycles. The van der Waals surface area contributed by atoms with Gasteiger partial charge < -0.3 is 15.2 Å². The fraction of sp³-hybridized carbons (Fsp3) is 0.500. The van der Waals surface area contributed by atoms with E-state index in [0.29, 0.717) is 17.9 Å². The van der Waals surface area contributed by atoms with Crippen LogP contribution in [0.1, 0.15) is 92.8 Å². The molecule has 6 rings (SSSR count). The van der Waals surface area contributed by atoms with Crippen LogP contribution < -0.4 is 10.5 Å². The van der Waals surface area contributed by atoms with Crippen LogP contribution in [0.2, 0.25) is 0 Å². The molecule has 35 heavy (non-hydrogen) atoms. The van der Waals surface area contributed by atoms with E-state index >= 15 is 0 Å². The molecule has 182 valence electrons. The SMILES string of the molecule is CC[C@](C)(N)c1cnc(OC2CC2)c2cnc(Cc3ccc4c(n3)C3(CC3)C(C)(C)OC4=O)cc12. The summed E-state index contributed by atoms with van der Waals surface area (Å²) in [6.07, 6.45) is 9.39. The number of aromatic nitrogens is 3. The smallest absolute Gasteiger partial charge is 0.340 e. The Balaban J connectivity index is 1.40. The van der Waals surface area contributed by atoms with Gasteiger partial charge in [-0.3, -0.25) is 9.97 Å². The van der Waals surface area contributed by atoms with Gasteiger partial charge in [-0.1, -0.05) is 6.92 Å². The van der Waals surface area contributed by atoms with Crippen molar-refractivity contribution < 1.29 is 14.3 Å². The van der Waals surface area contributed by atoms with E-state index in [1.165, 1.54) is 0 Å². The lowest BCUT2D eigenvalue weighted by atomic mass is 9.79. The highest BCUT2D eigenvalue weighted by Gasteiger charge is 2.62. The lowest BCUT2D eigenvalue weighted by Gasteiger charge is -2.39. The molecule has 7 nitrogen and oxygen atoms in total. The average Bonchev–Trinajstić information content (AvgIpc) is 3.73. The largest absolute Gasteiger partial charge is 0.474 e. The molecule has 0 unspecified atom stereocenters. The second-order valence-electron chi connectivity index (χ2n) is 11.1. The number of nitrogens with two attached hydrogens (primary N) is 1. The van der Waals surface area contributed by atoms with Crippen LogP contribution >= 0.6 is 0 Å². The molecule has 2 N–H and O–H groups in total. The number of hydrogen-bond acceptors (Lipinski definition) is 7. The fourth-order valence-corrected chi connectivity index (χ4v) is 5.28. The number of cyclic esters (lactones) is 1. The minimum atomic E-state index is -0.546. The molecule has 1 spiro atoms. The summed E-state index contributed by atoms with van der Waals surface area (Å²) in [5.74, 6) is 0.341. The zero-order valence-electron chi connectivity index (χ0n) is 20.9. The first kappa shape index (κ1) is 22.4. The van der Waals surface area contributed by atoms with Crippen LogP contribution in [-0.2, 0) is 22.1 Å². The standard InChI is InChI=1S/C28H32N4O3/c1-5-27(4,29)22-15-31-24(34-18-7-8-18)21-14-30-17(13-20(21)22)12-16-6-9-19-23(32-16)28(10-11-28)26(2,3)35-25(19)33/h6,9,13-15,18H,5,7-8,10-12,29H2,1-4H3/t27-/m0/s1. The van der Waals surface area contributed by atoms with Crippen LogP contribution in [0, 0.1) is 0 Å². The number of carbonyl (C=O) groups is 1. The Hall–Kier alpha value is -3.06. The summed E-state index contributed by atoms with van der Waals surface area (Å²) in [6, 6.07) is 5.87. The molecule has 0 saturated heterocycles. The van der Waals surface area contributed by atoms with E-state index < -0.39 is 11.1 Å². The third kappa shape index (κ3) is 3.59. The van der Waals surface area contributed by atoms with E-state index in [1.807, 2.05) is 45.3 Å². The zero-order chi connectivity index (χ0) is 24.6. The van der Waals surface area contributed by atoms with Crippen LogP contribution in [0.5, 0.6) is 5.88 Å². The van der Waals surface area contributed by atoms with Crippen LogP contribution in [0.3, 0.4) is 0 Å². The van der Waals surface area contributed by atoms with Crippen molar-refractivity contribution >= 4 is 16.7 Å². The number of fused-ring (bicyclic) bond motifs is 3. The molecule has 3 aromatic rings. The Bertz CT molecular complexity index is 1360. The summed E-state index contributed by atoms with van der Waals surface area (Å²) in [7, 11) is 0. The van der Waals surface area contributed by atoms with Crippen molar-refractivity contribution in [2.45, 2.75) is 88.9 Å². The van der Waals surface area contributed by atoms with Crippen molar-refractivity contribution in [3.63, 3.8) is 0 Å². The van der Waals surface area contributed by atoms with Crippen molar-refractivity contribution in [2.75, 3.05) is 0 Å². The van der Waals surface area contributed by atoms with Gasteiger partial charge in [0.25, 0.3) is 0 Å². The lowest BCUT2D eigenvalue weighted by Crippen LogP contribution is -2.46. The molecule has 3 aliphatic rings. The van der Waals surface area contributed by atoms with Crippen LogP contribution in [-0.4, -0.2) is 32.6 Å². The maximum absolute atomic E-state index is 12.6. The summed E-state index contributed by atoms with van der Waals surface area (Å²) >= 11 is 0. The predicted octanol–water partition coefficient (Wildman–Crippen LogP) is 4.72. The minimum Gasteiger partial charge on any atom is -0.474 e. The van der Waals surface area contributed by atoms with E-state index in [-0.39, 0.29) is 17.5 Å². The Morgan fingerprint density at radius 1 is 1.14 bits per heavy atom. The zero-order valence-corrected chi connectivity index (χ0v) is 20.9. The minimum absolute atomic E-state index is 0.181. The monoisotopic (exact) mass is 472 g/mol. The third-order valence-corrected chi connectivity index (χ3v) is 8.18. The van der Waals surface area contributed by atoms with Crippen molar-refractivity contribution in [3.8, 4) is 5.88 Å². The van der Waals surface area contributed by atoms with Gasteiger partial charge in [-0.2, -0.15) is 0 Å². The molecule has 0 amide bonds. The molecule has 0 radical (unpaired) electrons. The van der Waals surface area contributed by atoms with Gasteiger partial charge in [-0.25, -0.2) is 9.78 Å². The summed E-state index contributed by atoms with van der Waals surface area (Å²) in [4.78, 5) is 27.0. The van der Waals surface area contributed by atoms with E-state index in [4.69, 9.17) is 25.2 Å². The molecule has 7 heteroatoms. The third-order valence-electron chi connectivity index (χ3n) is 8.18. The van der Waals surface area contributed by atoms with Crippen LogP contribution in [0.25, 0.3) is 10.8 Å². The van der Waals surface area contributed by atoms with Crippen molar-refractivity contribution in [2.24, 2.45) is 5.73 Å². The molecule has 1 aliphatic heterocycles. The Kier molecular flexibility index (Phi) is 4.78. The van der Waals surface area contributed by atoms with E-state index in [1.54, 1.807) is 0 Å². The summed E-state index contributed by atoms with van der Waals surface area (Å²) in [6.45, 7) is 8.11. The van der Waals surface area contributed by atoms with Gasteiger partial charge in [0.15, 0.2) is 0 Å². The molecule has 2 fully saturated rings. The first-order valence-electron chi connectivity index (χ1n) is 12.6. The van der Waals surface area contributed by atoms with Gasteiger partial charge in [-0.15, -0.1) is 0 Å². The number of esters is 1. The topological polar surface area (TPSA) is 100 Å². The molecule has 4 heterocycles. The number of nitrogens with zero attached hydrogens (tertiary/aromatic N) is 3. The number of ether oxygens (including phenoxy) is 2. The Morgan fingerprint density at radius 2 is 1.91 bits per heavy atom. The van der Waals surface area contributed by atoms with Gasteiger partial charge in [0.2, 0.25) is 5.88 Å². The molecule has 0 aromatic carbocycles. The van der Waals surface area contributed by atoms with Gasteiger partial charge in [0.1, 0.15) is 11.7 Å². The number of rotatable bonds is 6. The van der Waals surface area contributed by atoms with Gasteiger partial charge >= 0.3 is 5.97 Å². The van der Waals surface area contributed by atoms with Crippen molar-refractivity contribution in [1.29, 1.82) is 0 Å². The van der Waals surface area contributed by atoms with Crippen molar-refractivity contribution in [3.05, 3.63) is 58.8 Å². The molecule has 2 saturated carbocycles. The fourth-order valence-electron chi connectivity index (χ4n) is 5.28. The van der Waals surface area contributed by atoms with Gasteiger partial charge in [-0.05, 0) is 82.0 Å². The van der Waals surface area contributed by atoms with Crippen LogP contribution in [0.15, 0.2) is 30.6 Å². The highest BCUT2D eigenvalue weighted by Crippen LogP contribution is 2.59. The molecule has 0 bridgehead atoms. The Labute approximate surface area is 205 Å². The first-order valence-corrected chi connectivity index (χ1v) is 12.6.